The molecule has 5 aromatic heterocycles. The van der Waals surface area contributed by atoms with Crippen LogP contribution in [0.25, 0.3) is 38.2 Å². The molecule has 0 spiro atoms. The summed E-state index contributed by atoms with van der Waals surface area (Å²) in [5.41, 5.74) is -3.42. The van der Waals surface area contributed by atoms with Crippen molar-refractivity contribution in [1.29, 1.82) is 0 Å². The number of anilines is 1. The molecule has 1 fully saturated rings. The summed E-state index contributed by atoms with van der Waals surface area (Å²) in [6, 6.07) is 6.05. The number of benzene rings is 2. The van der Waals surface area contributed by atoms with Crippen LogP contribution in [0.3, 0.4) is 0 Å². The van der Waals surface area contributed by atoms with E-state index in [9.17, 15) is 44.3 Å². The van der Waals surface area contributed by atoms with Crippen molar-refractivity contribution in [3.05, 3.63) is 109 Å². The van der Waals surface area contributed by atoms with Gasteiger partial charge in [-0.25, -0.2) is 40.9 Å². The van der Waals surface area contributed by atoms with E-state index in [0.717, 1.165) is 29.2 Å². The highest BCUT2D eigenvalue weighted by Gasteiger charge is 2.67. The molecule has 2 aliphatic carbocycles. The summed E-state index contributed by atoms with van der Waals surface area (Å²) in [7, 11) is -2.56. The number of amides is 1. The fourth-order valence-electron chi connectivity index (χ4n) is 8.19. The number of pyridine rings is 1. The number of hydrogen-bond acceptors (Lipinski definition) is 10. The molecule has 2 aliphatic rings. The number of sulfonamides is 1. The Morgan fingerprint density at radius 2 is 1.80 bits per heavy atom. The van der Waals surface area contributed by atoms with E-state index in [1.165, 1.54) is 36.0 Å². The standard InChI is InChI=1S/C39H29ClF8N10O4S2/c1-38(45,46)37-49-13-25(63-37)22-6-4-18-33(51-22)52-35(58(36(18)60)24-7-5-21(40)28-30(24)56(2)54-34(28)55-64(3,61)62)23(10-15-8-16(41)11-17(42)9-15)50-26(59)14-57-31-27(29(53-57)32(43)44)19-12-20(19)39(31,47)48/h4-9,11,13,19-20,23,32H,10,12,14H2,1-3H3,(H,50,59)(H,54,55)/t19-,20+,23-/m0/s1. The van der Waals surface area contributed by atoms with Gasteiger partial charge < -0.3 is 5.32 Å². The Balaban J connectivity index is 1.26. The van der Waals surface area contributed by atoms with E-state index in [1.807, 2.05) is 0 Å². The minimum absolute atomic E-state index is 0.00127. The summed E-state index contributed by atoms with van der Waals surface area (Å²) in [6.45, 7) is -0.401. The molecule has 2 aromatic carbocycles. The maximum absolute atomic E-state index is 15.5. The number of fused-ring (bicyclic) bond motifs is 5. The largest absolute Gasteiger partial charge is 0.344 e. The third kappa shape index (κ3) is 7.53. The zero-order valence-corrected chi connectivity index (χ0v) is 35.4. The number of halogens is 9. The first-order valence-corrected chi connectivity index (χ1v) is 22.0. The predicted molar refractivity (Wildman–Crippen MR) is 216 cm³/mol. The van der Waals surface area contributed by atoms with Gasteiger partial charge in [-0.05, 0) is 54.3 Å². The van der Waals surface area contributed by atoms with Crippen molar-refractivity contribution in [1.82, 2.24) is 44.4 Å². The highest BCUT2D eigenvalue weighted by Crippen LogP contribution is 2.68. The molecule has 1 saturated carbocycles. The first-order valence-electron chi connectivity index (χ1n) is 18.9. The highest BCUT2D eigenvalue weighted by atomic mass is 35.5. The second-order valence-electron chi connectivity index (χ2n) is 15.5. The molecule has 0 bridgehead atoms. The molecule has 7 aromatic rings. The van der Waals surface area contributed by atoms with Gasteiger partial charge in [-0.3, -0.25) is 28.2 Å². The van der Waals surface area contributed by atoms with Crippen molar-refractivity contribution in [2.24, 2.45) is 13.0 Å². The lowest BCUT2D eigenvalue weighted by atomic mass is 10.0. The Morgan fingerprint density at radius 1 is 1.08 bits per heavy atom. The minimum Gasteiger partial charge on any atom is -0.344 e. The molecule has 334 valence electrons. The fourth-order valence-corrected chi connectivity index (χ4v) is 9.75. The van der Waals surface area contributed by atoms with Crippen molar-refractivity contribution in [2.45, 2.75) is 56.5 Å². The second-order valence-corrected chi connectivity index (χ2v) is 18.7. The van der Waals surface area contributed by atoms with E-state index >= 15 is 8.78 Å². The van der Waals surface area contributed by atoms with Crippen LogP contribution in [-0.2, 0) is 46.7 Å². The second kappa shape index (κ2) is 15.0. The van der Waals surface area contributed by atoms with Crippen LogP contribution >= 0.6 is 22.9 Å². The SMILES string of the molecule is Cn1nc(NS(C)(=O)=O)c2c(Cl)ccc(-n3c([C@H](Cc4cc(F)cc(F)c4)NC(=O)Cn4nc(C(F)F)c5c4C(F)(F)[C@@H]4C[C@H]54)nc4nc(-c5cnc(C(C)(F)F)s5)ccc4c3=O)c21. The van der Waals surface area contributed by atoms with Gasteiger partial charge in [-0.15, -0.1) is 11.3 Å². The van der Waals surface area contributed by atoms with Gasteiger partial charge in [0.2, 0.25) is 15.9 Å². The van der Waals surface area contributed by atoms with Crippen LogP contribution in [0.4, 0.5) is 40.9 Å². The number of nitrogens with zero attached hydrogens (tertiary/aromatic N) is 8. The number of rotatable bonds is 12. The molecule has 5 heterocycles. The molecular formula is C39H29ClF8N10O4S2. The van der Waals surface area contributed by atoms with Gasteiger partial charge in [-0.1, -0.05) is 11.6 Å². The lowest BCUT2D eigenvalue weighted by Crippen LogP contribution is -2.38. The third-order valence-corrected chi connectivity index (χ3v) is 12.9. The Morgan fingerprint density at radius 3 is 2.45 bits per heavy atom. The smallest absolute Gasteiger partial charge is 0.296 e. The van der Waals surface area contributed by atoms with Crippen LogP contribution in [0.15, 0.2) is 53.5 Å². The number of thiazole rings is 1. The molecule has 3 atom stereocenters. The molecule has 2 N–H and O–H groups in total. The van der Waals surface area contributed by atoms with Gasteiger partial charge in [-0.2, -0.15) is 27.8 Å². The summed E-state index contributed by atoms with van der Waals surface area (Å²) in [4.78, 5) is 42.1. The van der Waals surface area contributed by atoms with Crippen LogP contribution in [0.1, 0.15) is 65.1 Å². The Hall–Kier alpha value is -6.01. The molecule has 0 aliphatic heterocycles. The zero-order chi connectivity index (χ0) is 45.9. The molecule has 9 rings (SSSR count). The number of aromatic nitrogens is 8. The van der Waals surface area contributed by atoms with Gasteiger partial charge in [0.25, 0.3) is 23.8 Å². The maximum Gasteiger partial charge on any atom is 0.296 e. The Kier molecular flexibility index (Phi) is 10.2. The van der Waals surface area contributed by atoms with E-state index in [0.29, 0.717) is 29.0 Å². The first kappa shape index (κ1) is 43.3. The van der Waals surface area contributed by atoms with Crippen LogP contribution in [0.2, 0.25) is 5.02 Å². The number of carbonyl (C=O) groups is 1. The number of carbonyl (C=O) groups excluding carboxylic acids is 1. The lowest BCUT2D eigenvalue weighted by Gasteiger charge is -2.24. The molecular weight excluding hydrogens is 924 g/mol. The van der Waals surface area contributed by atoms with Gasteiger partial charge >= 0.3 is 0 Å². The molecule has 25 heteroatoms. The Labute approximate surface area is 364 Å². The van der Waals surface area contributed by atoms with E-state index in [-0.39, 0.29) is 66.6 Å². The maximum atomic E-state index is 15.5. The van der Waals surface area contributed by atoms with Gasteiger partial charge in [0.05, 0.1) is 49.9 Å². The molecule has 1 amide bonds. The van der Waals surface area contributed by atoms with Crippen molar-refractivity contribution in [2.75, 3.05) is 11.0 Å². The minimum atomic E-state index is -3.96. The van der Waals surface area contributed by atoms with Crippen LogP contribution in [-0.4, -0.2) is 59.7 Å². The number of hydrogen-bond donors (Lipinski definition) is 2. The van der Waals surface area contributed by atoms with Gasteiger partial charge in [0.1, 0.15) is 35.4 Å². The Bertz CT molecular complexity index is 3260. The normalized spacial score (nSPS) is 17.3. The summed E-state index contributed by atoms with van der Waals surface area (Å²) >= 11 is 7.21. The van der Waals surface area contributed by atoms with Crippen molar-refractivity contribution in [3.63, 3.8) is 0 Å². The van der Waals surface area contributed by atoms with Crippen LogP contribution in [0.5, 0.6) is 0 Å². The molecule has 0 radical (unpaired) electrons. The third-order valence-electron chi connectivity index (χ3n) is 10.8. The number of alkyl halides is 6. The summed E-state index contributed by atoms with van der Waals surface area (Å²) < 4.78 is 147. The van der Waals surface area contributed by atoms with Crippen molar-refractivity contribution in [3.8, 4) is 16.3 Å². The van der Waals surface area contributed by atoms with E-state index < -0.39 is 104 Å². The first-order chi connectivity index (χ1) is 30.0. The molecule has 0 saturated heterocycles. The predicted octanol–water partition coefficient (Wildman–Crippen LogP) is 7.65. The number of nitrogens with one attached hydrogen (secondary N) is 2. The summed E-state index contributed by atoms with van der Waals surface area (Å²) in [5, 5.41) is 9.78. The molecule has 0 unspecified atom stereocenters. The average molecular weight is 953 g/mol. The highest BCUT2D eigenvalue weighted by molar-refractivity contribution is 7.92. The zero-order valence-electron chi connectivity index (χ0n) is 33.0. The summed E-state index contributed by atoms with van der Waals surface area (Å²) in [5.74, 6) is -12.9. The molecule has 14 nitrogen and oxygen atoms in total. The van der Waals surface area contributed by atoms with E-state index in [4.69, 9.17) is 11.6 Å². The quantitative estimate of drug-likeness (QED) is 0.117. The van der Waals surface area contributed by atoms with Crippen molar-refractivity contribution >= 4 is 66.6 Å². The topological polar surface area (TPSA) is 172 Å². The van der Waals surface area contributed by atoms with E-state index in [2.05, 4.69) is 35.2 Å². The monoisotopic (exact) mass is 952 g/mol. The lowest BCUT2D eigenvalue weighted by molar-refractivity contribution is -0.123. The number of aryl methyl sites for hydroxylation is 1. The van der Waals surface area contributed by atoms with Crippen molar-refractivity contribution < 1.29 is 48.3 Å². The summed E-state index contributed by atoms with van der Waals surface area (Å²) in [6.07, 6.45) is -1.85. The van der Waals surface area contributed by atoms with Crippen LogP contribution in [0, 0.1) is 17.6 Å². The average Bonchev–Trinajstić information content (AvgIpc) is 3.41. The van der Waals surface area contributed by atoms with Gasteiger partial charge in [0, 0.05) is 44.1 Å². The fraction of sp³-hybridized carbons (Fsp3) is 0.308. The molecule has 64 heavy (non-hydrogen) atoms. The van der Waals surface area contributed by atoms with Gasteiger partial charge in [0.15, 0.2) is 16.5 Å². The van der Waals surface area contributed by atoms with Crippen LogP contribution < -0.4 is 15.6 Å². The van der Waals surface area contributed by atoms with E-state index in [1.54, 1.807) is 0 Å².